The van der Waals surface area contributed by atoms with E-state index in [1.54, 1.807) is 6.20 Å². The summed E-state index contributed by atoms with van der Waals surface area (Å²) in [5.74, 6) is 1.36. The third kappa shape index (κ3) is 1.87. The van der Waals surface area contributed by atoms with E-state index in [0.717, 1.165) is 43.0 Å². The van der Waals surface area contributed by atoms with Crippen LogP contribution in [0, 0.1) is 0 Å². The maximum Gasteiger partial charge on any atom is 0.155 e. The number of ether oxygens (including phenoxy) is 1. The minimum Gasteiger partial charge on any atom is -0.382 e. The number of nitrogen functional groups attached to an aromatic ring is 1. The molecule has 6 nitrogen and oxygen atoms in total. The van der Waals surface area contributed by atoms with Crippen molar-refractivity contribution in [2.75, 3.05) is 36.9 Å². The van der Waals surface area contributed by atoms with Crippen molar-refractivity contribution in [3.8, 4) is 0 Å². The molecule has 2 N–H and O–H groups in total. The Morgan fingerprint density at radius 1 is 1.24 bits per heavy atom. The van der Waals surface area contributed by atoms with Gasteiger partial charge >= 0.3 is 0 Å². The van der Waals surface area contributed by atoms with Crippen LogP contribution in [0.2, 0.25) is 0 Å². The van der Waals surface area contributed by atoms with E-state index in [2.05, 4.69) is 20.1 Å². The molecule has 3 heterocycles. The summed E-state index contributed by atoms with van der Waals surface area (Å²) in [5, 5.41) is 8.47. The number of anilines is 2. The molecule has 0 saturated carbocycles. The Kier molecular flexibility index (Phi) is 2.49. The van der Waals surface area contributed by atoms with E-state index in [9.17, 15) is 0 Å². The van der Waals surface area contributed by atoms with Gasteiger partial charge in [0.05, 0.1) is 24.9 Å². The molecule has 2 aromatic heterocycles. The summed E-state index contributed by atoms with van der Waals surface area (Å²) in [5.41, 5.74) is 6.52. The van der Waals surface area contributed by atoms with Gasteiger partial charge in [0.15, 0.2) is 5.82 Å². The fourth-order valence-corrected chi connectivity index (χ4v) is 1.95. The maximum absolute atomic E-state index is 5.74. The normalized spacial score (nSPS) is 16.4. The second-order valence-electron chi connectivity index (χ2n) is 3.93. The molecule has 0 spiro atoms. The molecule has 3 rings (SSSR count). The van der Waals surface area contributed by atoms with Crippen LogP contribution < -0.4 is 10.6 Å². The molecule has 2 aromatic rings. The van der Waals surface area contributed by atoms with Crippen molar-refractivity contribution in [2.24, 2.45) is 0 Å². The van der Waals surface area contributed by atoms with Crippen LogP contribution in [0.4, 0.5) is 11.6 Å². The zero-order chi connectivity index (χ0) is 11.7. The monoisotopic (exact) mass is 231 g/mol. The van der Waals surface area contributed by atoms with Crippen molar-refractivity contribution in [3.05, 3.63) is 18.3 Å². The first-order valence-corrected chi connectivity index (χ1v) is 5.55. The van der Waals surface area contributed by atoms with Crippen LogP contribution in [-0.2, 0) is 4.74 Å². The molecular weight excluding hydrogens is 218 g/mol. The van der Waals surface area contributed by atoms with Crippen LogP contribution in [0.15, 0.2) is 18.3 Å². The van der Waals surface area contributed by atoms with Crippen molar-refractivity contribution in [2.45, 2.75) is 0 Å². The molecule has 0 bridgehead atoms. The number of nitrogens with zero attached hydrogens (tertiary/aromatic N) is 4. The van der Waals surface area contributed by atoms with E-state index in [1.165, 1.54) is 0 Å². The molecule has 1 aliphatic heterocycles. The van der Waals surface area contributed by atoms with Crippen molar-refractivity contribution in [3.63, 3.8) is 0 Å². The smallest absolute Gasteiger partial charge is 0.155 e. The standard InChI is InChI=1S/C11H13N5O/c12-11-8-1-2-10(14-9(8)7-13-15-11)16-3-5-17-6-4-16/h1-2,7H,3-6H2,(H2,12,15). The van der Waals surface area contributed by atoms with E-state index < -0.39 is 0 Å². The summed E-state index contributed by atoms with van der Waals surface area (Å²) in [6, 6.07) is 3.91. The molecule has 0 unspecified atom stereocenters. The van der Waals surface area contributed by atoms with Crippen LogP contribution in [0.3, 0.4) is 0 Å². The topological polar surface area (TPSA) is 77.2 Å². The number of pyridine rings is 1. The van der Waals surface area contributed by atoms with Gasteiger partial charge in [0.25, 0.3) is 0 Å². The Balaban J connectivity index is 2.01. The number of nitrogens with two attached hydrogens (primary N) is 1. The Bertz CT molecular complexity index is 538. The molecule has 1 saturated heterocycles. The molecule has 1 fully saturated rings. The lowest BCUT2D eigenvalue weighted by atomic mass is 10.2. The lowest BCUT2D eigenvalue weighted by Gasteiger charge is -2.27. The van der Waals surface area contributed by atoms with Crippen molar-refractivity contribution >= 4 is 22.5 Å². The van der Waals surface area contributed by atoms with Gasteiger partial charge < -0.3 is 15.4 Å². The van der Waals surface area contributed by atoms with E-state index >= 15 is 0 Å². The average Bonchev–Trinajstić information content (AvgIpc) is 2.40. The Morgan fingerprint density at radius 3 is 2.88 bits per heavy atom. The maximum atomic E-state index is 5.74. The van der Waals surface area contributed by atoms with Gasteiger partial charge in [0, 0.05) is 18.5 Å². The van der Waals surface area contributed by atoms with Gasteiger partial charge in [-0.3, -0.25) is 0 Å². The highest BCUT2D eigenvalue weighted by atomic mass is 16.5. The van der Waals surface area contributed by atoms with Gasteiger partial charge in [0.2, 0.25) is 0 Å². The number of aromatic nitrogens is 3. The van der Waals surface area contributed by atoms with Crippen molar-refractivity contribution in [1.29, 1.82) is 0 Å². The molecule has 17 heavy (non-hydrogen) atoms. The van der Waals surface area contributed by atoms with Crippen molar-refractivity contribution in [1.82, 2.24) is 15.2 Å². The fraction of sp³-hybridized carbons (Fsp3) is 0.364. The van der Waals surface area contributed by atoms with Crippen LogP contribution in [0.25, 0.3) is 10.9 Å². The Hall–Kier alpha value is -1.95. The SMILES string of the molecule is Nc1nncc2nc(N3CCOCC3)ccc12. The first kappa shape index (κ1) is 10.2. The van der Waals surface area contributed by atoms with Crippen LogP contribution in [-0.4, -0.2) is 41.5 Å². The highest BCUT2D eigenvalue weighted by Crippen LogP contribution is 2.20. The summed E-state index contributed by atoms with van der Waals surface area (Å²) < 4.78 is 5.32. The van der Waals surface area contributed by atoms with Gasteiger partial charge in [0.1, 0.15) is 5.82 Å². The Morgan fingerprint density at radius 2 is 2.06 bits per heavy atom. The predicted octanol–water partition coefficient (Wildman–Crippen LogP) is 0.444. The third-order valence-electron chi connectivity index (χ3n) is 2.87. The van der Waals surface area contributed by atoms with Gasteiger partial charge in [-0.05, 0) is 12.1 Å². The largest absolute Gasteiger partial charge is 0.382 e. The van der Waals surface area contributed by atoms with Gasteiger partial charge in [-0.25, -0.2) is 4.98 Å². The molecule has 0 aromatic carbocycles. The molecule has 6 heteroatoms. The second kappa shape index (κ2) is 4.14. The van der Waals surface area contributed by atoms with E-state index in [4.69, 9.17) is 10.5 Å². The number of hydrogen-bond acceptors (Lipinski definition) is 6. The summed E-state index contributed by atoms with van der Waals surface area (Å²) in [7, 11) is 0. The van der Waals surface area contributed by atoms with Gasteiger partial charge in [-0.2, -0.15) is 5.10 Å². The van der Waals surface area contributed by atoms with Crippen LogP contribution >= 0.6 is 0 Å². The molecular formula is C11H13N5O. The highest BCUT2D eigenvalue weighted by Gasteiger charge is 2.13. The van der Waals surface area contributed by atoms with E-state index in [-0.39, 0.29) is 0 Å². The molecule has 0 amide bonds. The minimum atomic E-state index is 0.420. The zero-order valence-corrected chi connectivity index (χ0v) is 9.33. The van der Waals surface area contributed by atoms with E-state index in [1.807, 2.05) is 12.1 Å². The molecule has 0 radical (unpaired) electrons. The summed E-state index contributed by atoms with van der Waals surface area (Å²) in [6.07, 6.45) is 1.63. The van der Waals surface area contributed by atoms with E-state index in [0.29, 0.717) is 5.82 Å². The minimum absolute atomic E-state index is 0.420. The quantitative estimate of drug-likeness (QED) is 0.767. The molecule has 0 aliphatic carbocycles. The predicted molar refractivity (Wildman–Crippen MR) is 64.8 cm³/mol. The first-order valence-electron chi connectivity index (χ1n) is 5.55. The zero-order valence-electron chi connectivity index (χ0n) is 9.33. The Labute approximate surface area is 98.4 Å². The number of hydrogen-bond donors (Lipinski definition) is 1. The number of rotatable bonds is 1. The summed E-state index contributed by atoms with van der Waals surface area (Å²) in [6.45, 7) is 3.23. The molecule has 1 aliphatic rings. The van der Waals surface area contributed by atoms with Crippen LogP contribution in [0.1, 0.15) is 0 Å². The van der Waals surface area contributed by atoms with Gasteiger partial charge in [-0.15, -0.1) is 5.10 Å². The summed E-state index contributed by atoms with van der Waals surface area (Å²) in [4.78, 5) is 6.74. The third-order valence-corrected chi connectivity index (χ3v) is 2.87. The summed E-state index contributed by atoms with van der Waals surface area (Å²) >= 11 is 0. The molecule has 0 atom stereocenters. The number of morpholine rings is 1. The van der Waals surface area contributed by atoms with Crippen molar-refractivity contribution < 1.29 is 4.74 Å². The fourth-order valence-electron chi connectivity index (χ4n) is 1.95. The average molecular weight is 231 g/mol. The first-order chi connectivity index (χ1) is 8.34. The lowest BCUT2D eigenvalue weighted by Crippen LogP contribution is -2.36. The highest BCUT2D eigenvalue weighted by molar-refractivity contribution is 5.88. The van der Waals surface area contributed by atoms with Gasteiger partial charge in [-0.1, -0.05) is 0 Å². The van der Waals surface area contributed by atoms with Crippen LogP contribution in [0.5, 0.6) is 0 Å². The number of fused-ring (bicyclic) bond motifs is 1. The molecule has 88 valence electrons. The second-order valence-corrected chi connectivity index (χ2v) is 3.93. The lowest BCUT2D eigenvalue weighted by molar-refractivity contribution is 0.122.